The van der Waals surface area contributed by atoms with Crippen molar-refractivity contribution in [2.45, 2.75) is 19.1 Å². The largest absolute Gasteiger partial charge is 0.475 e. The third-order valence-electron chi connectivity index (χ3n) is 2.23. The van der Waals surface area contributed by atoms with Crippen LogP contribution in [0.5, 0.6) is 0 Å². The smallest absolute Gasteiger partial charge is 0.411 e. The third kappa shape index (κ3) is 5.75. The van der Waals surface area contributed by atoms with Crippen LogP contribution in [0.1, 0.15) is 29.3 Å². The maximum atomic E-state index is 11.8. The average molecular weight is 281 g/mol. The first kappa shape index (κ1) is 15.5. The van der Waals surface area contributed by atoms with Crippen molar-refractivity contribution < 1.29 is 32.2 Å². The second kappa shape index (κ2) is 6.58. The standard InChI is InChI=1S/C11H14F3NO4/c1-7(8-2-3-9(19-8)10(16)17)15-4-5-18-6-11(12,13)14/h2-3,7,15H,4-6H2,1H3,(H,16,17). The molecule has 0 bridgehead atoms. The number of alkyl halides is 3. The van der Waals surface area contributed by atoms with E-state index < -0.39 is 18.8 Å². The van der Waals surface area contributed by atoms with Crippen LogP contribution in [-0.4, -0.2) is 37.0 Å². The lowest BCUT2D eigenvalue weighted by Gasteiger charge is -2.12. The fraction of sp³-hybridized carbons (Fsp3) is 0.545. The monoisotopic (exact) mass is 281 g/mol. The van der Waals surface area contributed by atoms with Crippen molar-refractivity contribution in [2.24, 2.45) is 0 Å². The van der Waals surface area contributed by atoms with E-state index in [0.717, 1.165) is 0 Å². The molecule has 8 heteroatoms. The van der Waals surface area contributed by atoms with Gasteiger partial charge in [0.15, 0.2) is 0 Å². The molecule has 0 aliphatic carbocycles. The summed E-state index contributed by atoms with van der Waals surface area (Å²) >= 11 is 0. The van der Waals surface area contributed by atoms with Gasteiger partial charge in [0.05, 0.1) is 12.6 Å². The zero-order valence-electron chi connectivity index (χ0n) is 10.2. The highest BCUT2D eigenvalue weighted by Gasteiger charge is 2.27. The number of hydrogen-bond acceptors (Lipinski definition) is 4. The zero-order chi connectivity index (χ0) is 14.5. The van der Waals surface area contributed by atoms with Crippen molar-refractivity contribution in [1.29, 1.82) is 0 Å². The van der Waals surface area contributed by atoms with Crippen LogP contribution >= 0.6 is 0 Å². The van der Waals surface area contributed by atoms with Gasteiger partial charge in [0.2, 0.25) is 5.76 Å². The first-order valence-electron chi connectivity index (χ1n) is 5.50. The Bertz CT molecular complexity index is 416. The Balaban J connectivity index is 2.27. The third-order valence-corrected chi connectivity index (χ3v) is 2.23. The molecule has 0 saturated carbocycles. The fourth-order valence-corrected chi connectivity index (χ4v) is 1.34. The Kier molecular flexibility index (Phi) is 5.37. The molecule has 0 aliphatic rings. The fourth-order valence-electron chi connectivity index (χ4n) is 1.34. The van der Waals surface area contributed by atoms with E-state index in [4.69, 9.17) is 9.52 Å². The number of carbonyl (C=O) groups is 1. The minimum absolute atomic E-state index is 0.101. The number of carboxylic acids is 1. The van der Waals surface area contributed by atoms with E-state index in [1.165, 1.54) is 12.1 Å². The number of ether oxygens (including phenoxy) is 1. The van der Waals surface area contributed by atoms with Gasteiger partial charge in [0.25, 0.3) is 0 Å². The summed E-state index contributed by atoms with van der Waals surface area (Å²) in [6.45, 7) is 0.512. The van der Waals surface area contributed by atoms with E-state index in [1.807, 2.05) is 0 Å². The lowest BCUT2D eigenvalue weighted by molar-refractivity contribution is -0.173. The van der Waals surface area contributed by atoms with Crippen molar-refractivity contribution in [3.8, 4) is 0 Å². The highest BCUT2D eigenvalue weighted by atomic mass is 19.4. The number of rotatable bonds is 7. The van der Waals surface area contributed by atoms with Crippen LogP contribution in [0.2, 0.25) is 0 Å². The molecule has 0 amide bonds. The topological polar surface area (TPSA) is 71.7 Å². The van der Waals surface area contributed by atoms with E-state index >= 15 is 0 Å². The summed E-state index contributed by atoms with van der Waals surface area (Å²) in [5.74, 6) is -0.961. The van der Waals surface area contributed by atoms with Gasteiger partial charge in [-0.3, -0.25) is 0 Å². The van der Waals surface area contributed by atoms with E-state index in [2.05, 4.69) is 10.1 Å². The average Bonchev–Trinajstić information content (AvgIpc) is 2.76. The molecule has 0 fully saturated rings. The predicted octanol–water partition coefficient (Wildman–Crippen LogP) is 2.21. The summed E-state index contributed by atoms with van der Waals surface area (Å²) in [7, 11) is 0. The minimum Gasteiger partial charge on any atom is -0.475 e. The highest BCUT2D eigenvalue weighted by Crippen LogP contribution is 2.16. The minimum atomic E-state index is -4.33. The number of halogens is 3. The molecule has 1 aromatic heterocycles. The lowest BCUT2D eigenvalue weighted by Crippen LogP contribution is -2.25. The van der Waals surface area contributed by atoms with Crippen LogP contribution in [0.4, 0.5) is 13.2 Å². The van der Waals surface area contributed by atoms with Gasteiger partial charge >= 0.3 is 12.1 Å². The summed E-state index contributed by atoms with van der Waals surface area (Å²) < 4.78 is 44.8. The molecule has 5 nitrogen and oxygen atoms in total. The molecule has 0 radical (unpaired) electrons. The van der Waals surface area contributed by atoms with Gasteiger partial charge in [0.1, 0.15) is 12.4 Å². The van der Waals surface area contributed by atoms with Gasteiger partial charge in [-0.1, -0.05) is 0 Å². The summed E-state index contributed by atoms with van der Waals surface area (Å²) in [5.41, 5.74) is 0. The summed E-state index contributed by atoms with van der Waals surface area (Å²) in [4.78, 5) is 10.6. The second-order valence-corrected chi connectivity index (χ2v) is 3.85. The SMILES string of the molecule is CC(NCCOCC(F)(F)F)c1ccc(C(=O)O)o1. The number of furan rings is 1. The molecule has 1 heterocycles. The predicted molar refractivity (Wildman–Crippen MR) is 59.0 cm³/mol. The van der Waals surface area contributed by atoms with Crippen molar-refractivity contribution >= 4 is 5.97 Å². The van der Waals surface area contributed by atoms with Gasteiger partial charge < -0.3 is 19.6 Å². The summed E-state index contributed by atoms with van der Waals surface area (Å²) in [6, 6.07) is 2.50. The Morgan fingerprint density at radius 1 is 1.53 bits per heavy atom. The maximum Gasteiger partial charge on any atom is 0.411 e. The molecule has 1 rings (SSSR count). The molecule has 1 aromatic rings. The lowest BCUT2D eigenvalue weighted by atomic mass is 10.2. The molecule has 0 aliphatic heterocycles. The molecule has 1 unspecified atom stereocenters. The van der Waals surface area contributed by atoms with Crippen LogP contribution in [0.25, 0.3) is 0 Å². The second-order valence-electron chi connectivity index (χ2n) is 3.85. The first-order chi connectivity index (χ1) is 8.79. The zero-order valence-corrected chi connectivity index (χ0v) is 10.2. The summed E-state index contributed by atoms with van der Waals surface area (Å²) in [5, 5.41) is 11.5. The first-order valence-corrected chi connectivity index (χ1v) is 5.50. The van der Waals surface area contributed by atoms with Crippen LogP contribution in [-0.2, 0) is 4.74 Å². The van der Waals surface area contributed by atoms with Gasteiger partial charge in [-0.25, -0.2) is 4.79 Å². The Labute approximate surface area is 107 Å². The van der Waals surface area contributed by atoms with Gasteiger partial charge in [-0.2, -0.15) is 13.2 Å². The molecule has 0 saturated heterocycles. The Morgan fingerprint density at radius 2 is 2.21 bits per heavy atom. The van der Waals surface area contributed by atoms with Gasteiger partial charge in [-0.05, 0) is 19.1 Å². The van der Waals surface area contributed by atoms with E-state index in [1.54, 1.807) is 6.92 Å². The molecule has 1 atom stereocenters. The van der Waals surface area contributed by atoms with E-state index in [0.29, 0.717) is 5.76 Å². The van der Waals surface area contributed by atoms with Gasteiger partial charge in [0, 0.05) is 6.54 Å². The quantitative estimate of drug-likeness (QED) is 0.750. The van der Waals surface area contributed by atoms with Crippen LogP contribution in [0, 0.1) is 0 Å². The van der Waals surface area contributed by atoms with Crippen molar-refractivity contribution in [1.82, 2.24) is 5.32 Å². The van der Waals surface area contributed by atoms with Crippen molar-refractivity contribution in [2.75, 3.05) is 19.8 Å². The van der Waals surface area contributed by atoms with E-state index in [-0.39, 0.29) is 25.0 Å². The molecule has 2 N–H and O–H groups in total. The van der Waals surface area contributed by atoms with E-state index in [9.17, 15) is 18.0 Å². The number of nitrogens with one attached hydrogen (secondary N) is 1. The van der Waals surface area contributed by atoms with Crippen molar-refractivity contribution in [3.05, 3.63) is 23.7 Å². The molecule has 0 spiro atoms. The van der Waals surface area contributed by atoms with Gasteiger partial charge in [-0.15, -0.1) is 0 Å². The maximum absolute atomic E-state index is 11.8. The number of carboxylic acid groups (broad SMARTS) is 1. The normalized spacial score (nSPS) is 13.5. The van der Waals surface area contributed by atoms with Crippen LogP contribution in [0.15, 0.2) is 16.5 Å². The Hall–Kier alpha value is -1.54. The summed E-state index contributed by atoms with van der Waals surface area (Å²) in [6.07, 6.45) is -4.33. The Morgan fingerprint density at radius 3 is 2.74 bits per heavy atom. The van der Waals surface area contributed by atoms with Crippen LogP contribution in [0.3, 0.4) is 0 Å². The molecular formula is C11H14F3NO4. The molecule has 0 aromatic carbocycles. The molecule has 19 heavy (non-hydrogen) atoms. The number of hydrogen-bond donors (Lipinski definition) is 2. The molecular weight excluding hydrogens is 267 g/mol. The van der Waals surface area contributed by atoms with Crippen LogP contribution < -0.4 is 5.32 Å². The highest BCUT2D eigenvalue weighted by molar-refractivity contribution is 5.84. The number of aromatic carboxylic acids is 1. The molecule has 108 valence electrons. The van der Waals surface area contributed by atoms with Crippen molar-refractivity contribution in [3.63, 3.8) is 0 Å².